The third-order valence-corrected chi connectivity index (χ3v) is 5.33. The monoisotopic (exact) mass is 349 g/mol. The second-order valence-electron chi connectivity index (χ2n) is 5.31. The van der Waals surface area contributed by atoms with Gasteiger partial charge >= 0.3 is 0 Å². The molecular formula is C13H20ClN3O4S. The number of nitro benzene ring substituents is 1. The summed E-state index contributed by atoms with van der Waals surface area (Å²) in [5.41, 5.74) is 0.670. The lowest BCUT2D eigenvalue weighted by Gasteiger charge is -2.15. The van der Waals surface area contributed by atoms with Crippen LogP contribution >= 0.6 is 12.4 Å². The summed E-state index contributed by atoms with van der Waals surface area (Å²) in [4.78, 5) is 10.4. The Morgan fingerprint density at radius 1 is 1.36 bits per heavy atom. The van der Waals surface area contributed by atoms with Gasteiger partial charge in [0.25, 0.3) is 5.69 Å². The zero-order chi connectivity index (χ0) is 15.6. The summed E-state index contributed by atoms with van der Waals surface area (Å²) in [6.07, 6.45) is 1.99. The first-order chi connectivity index (χ1) is 9.81. The van der Waals surface area contributed by atoms with Crippen LogP contribution in [-0.4, -0.2) is 32.5 Å². The van der Waals surface area contributed by atoms with E-state index in [0.717, 1.165) is 19.4 Å². The molecule has 2 N–H and O–H groups in total. The van der Waals surface area contributed by atoms with Gasteiger partial charge in [0.1, 0.15) is 0 Å². The lowest BCUT2D eigenvalue weighted by molar-refractivity contribution is -0.385. The predicted octanol–water partition coefficient (Wildman–Crippen LogP) is 1.66. The molecule has 1 aromatic rings. The number of sulfonamides is 1. The van der Waals surface area contributed by atoms with Crippen LogP contribution in [0.25, 0.3) is 0 Å². The van der Waals surface area contributed by atoms with Crippen LogP contribution < -0.4 is 10.0 Å². The number of benzene rings is 1. The molecule has 0 spiro atoms. The van der Waals surface area contributed by atoms with Gasteiger partial charge in [-0.2, -0.15) is 0 Å². The van der Waals surface area contributed by atoms with Crippen molar-refractivity contribution in [1.29, 1.82) is 0 Å². The van der Waals surface area contributed by atoms with Gasteiger partial charge in [-0.3, -0.25) is 10.1 Å². The van der Waals surface area contributed by atoms with E-state index in [9.17, 15) is 18.5 Å². The minimum absolute atomic E-state index is 0. The fourth-order valence-electron chi connectivity index (χ4n) is 2.67. The van der Waals surface area contributed by atoms with Crippen molar-refractivity contribution < 1.29 is 13.3 Å². The van der Waals surface area contributed by atoms with Crippen LogP contribution in [0.5, 0.6) is 0 Å². The molecule has 1 heterocycles. The molecule has 124 valence electrons. The minimum Gasteiger partial charge on any atom is -0.313 e. The molecule has 2 rings (SSSR count). The molecule has 1 saturated heterocycles. The maximum atomic E-state index is 12.4. The van der Waals surface area contributed by atoms with Gasteiger partial charge in [0.15, 0.2) is 0 Å². The molecule has 0 aliphatic carbocycles. The highest BCUT2D eigenvalue weighted by atomic mass is 35.5. The summed E-state index contributed by atoms with van der Waals surface area (Å²) in [6, 6.07) is 2.73. The zero-order valence-electron chi connectivity index (χ0n) is 12.5. The third kappa shape index (κ3) is 4.16. The van der Waals surface area contributed by atoms with Crippen molar-refractivity contribution in [3.8, 4) is 0 Å². The van der Waals surface area contributed by atoms with Gasteiger partial charge in [0, 0.05) is 24.7 Å². The molecule has 9 heteroatoms. The molecule has 0 amide bonds. The molecular weight excluding hydrogens is 330 g/mol. The van der Waals surface area contributed by atoms with Crippen LogP contribution in [0.2, 0.25) is 0 Å². The SMILES string of the molecule is Cc1cc([N+](=O)[O-])cc(C)c1S(=O)(=O)NCC1CCCN1.Cl. The Bertz CT molecular complexity index is 634. The van der Waals surface area contributed by atoms with E-state index in [1.165, 1.54) is 12.1 Å². The van der Waals surface area contributed by atoms with E-state index in [4.69, 9.17) is 0 Å². The van der Waals surface area contributed by atoms with Crippen molar-refractivity contribution in [2.24, 2.45) is 0 Å². The Hall–Kier alpha value is -1.22. The van der Waals surface area contributed by atoms with E-state index in [0.29, 0.717) is 17.7 Å². The number of rotatable bonds is 5. The molecule has 1 atom stereocenters. The molecule has 22 heavy (non-hydrogen) atoms. The maximum absolute atomic E-state index is 12.4. The number of non-ortho nitro benzene ring substituents is 1. The molecule has 0 radical (unpaired) electrons. The number of hydrogen-bond donors (Lipinski definition) is 2. The van der Waals surface area contributed by atoms with E-state index in [1.54, 1.807) is 13.8 Å². The first kappa shape index (κ1) is 18.8. The average molecular weight is 350 g/mol. The Kier molecular flexibility index (Phi) is 6.30. The molecule has 1 unspecified atom stereocenters. The normalized spacial score (nSPS) is 18.0. The topological polar surface area (TPSA) is 101 Å². The summed E-state index contributed by atoms with van der Waals surface area (Å²) in [6.45, 7) is 4.38. The average Bonchev–Trinajstić information content (AvgIpc) is 2.88. The van der Waals surface area contributed by atoms with Crippen molar-refractivity contribution in [3.05, 3.63) is 33.4 Å². The predicted molar refractivity (Wildman–Crippen MR) is 86.0 cm³/mol. The zero-order valence-corrected chi connectivity index (χ0v) is 14.1. The van der Waals surface area contributed by atoms with Gasteiger partial charge in [-0.1, -0.05) is 0 Å². The minimum atomic E-state index is -3.66. The van der Waals surface area contributed by atoms with E-state index in [1.807, 2.05) is 0 Å². The van der Waals surface area contributed by atoms with Gasteiger partial charge in [-0.15, -0.1) is 12.4 Å². The summed E-state index contributed by atoms with van der Waals surface area (Å²) in [5.74, 6) is 0. The summed E-state index contributed by atoms with van der Waals surface area (Å²) in [5, 5.41) is 14.0. The van der Waals surface area contributed by atoms with Crippen molar-refractivity contribution in [2.45, 2.75) is 37.6 Å². The first-order valence-corrected chi connectivity index (χ1v) is 8.28. The maximum Gasteiger partial charge on any atom is 0.270 e. The molecule has 1 fully saturated rings. The number of nitro groups is 1. The molecule has 1 aliphatic heterocycles. The molecule has 0 aromatic heterocycles. The molecule has 7 nitrogen and oxygen atoms in total. The van der Waals surface area contributed by atoms with Crippen LogP contribution in [0.15, 0.2) is 17.0 Å². The number of halogens is 1. The van der Waals surface area contributed by atoms with Crippen LogP contribution in [0.1, 0.15) is 24.0 Å². The fraction of sp³-hybridized carbons (Fsp3) is 0.538. The number of hydrogen-bond acceptors (Lipinski definition) is 5. The Morgan fingerprint density at radius 2 is 1.95 bits per heavy atom. The van der Waals surface area contributed by atoms with Crippen molar-refractivity contribution >= 4 is 28.1 Å². The number of aryl methyl sites for hydroxylation is 2. The van der Waals surface area contributed by atoms with Gasteiger partial charge < -0.3 is 5.32 Å². The highest BCUT2D eigenvalue weighted by molar-refractivity contribution is 7.89. The molecule has 1 aromatic carbocycles. The van der Waals surface area contributed by atoms with E-state index in [-0.39, 0.29) is 29.0 Å². The van der Waals surface area contributed by atoms with Gasteiger partial charge in [-0.05, 0) is 44.4 Å². The van der Waals surface area contributed by atoms with E-state index in [2.05, 4.69) is 10.0 Å². The van der Waals surface area contributed by atoms with Gasteiger partial charge in [-0.25, -0.2) is 13.1 Å². The quantitative estimate of drug-likeness (QED) is 0.622. The summed E-state index contributed by atoms with van der Waals surface area (Å²) >= 11 is 0. The lowest BCUT2D eigenvalue weighted by Crippen LogP contribution is -2.37. The van der Waals surface area contributed by atoms with Gasteiger partial charge in [0.05, 0.1) is 9.82 Å². The van der Waals surface area contributed by atoms with Gasteiger partial charge in [0.2, 0.25) is 10.0 Å². The van der Waals surface area contributed by atoms with Crippen LogP contribution in [0.3, 0.4) is 0 Å². The third-order valence-electron chi connectivity index (χ3n) is 3.61. The lowest BCUT2D eigenvalue weighted by atomic mass is 10.1. The fourth-order valence-corrected chi connectivity index (χ4v) is 4.20. The smallest absolute Gasteiger partial charge is 0.270 e. The molecule has 0 saturated carbocycles. The first-order valence-electron chi connectivity index (χ1n) is 6.80. The second kappa shape index (κ2) is 7.36. The van der Waals surface area contributed by atoms with Crippen LogP contribution in [-0.2, 0) is 10.0 Å². The standard InChI is InChI=1S/C13H19N3O4S.ClH/c1-9-6-12(16(17)18)7-10(2)13(9)21(19,20)15-8-11-4-3-5-14-11;/h6-7,11,14-15H,3-5,8H2,1-2H3;1H. The van der Waals surface area contributed by atoms with Crippen molar-refractivity contribution in [3.63, 3.8) is 0 Å². The molecule has 1 aliphatic rings. The summed E-state index contributed by atoms with van der Waals surface area (Å²) in [7, 11) is -3.66. The van der Waals surface area contributed by atoms with Crippen LogP contribution in [0, 0.1) is 24.0 Å². The van der Waals surface area contributed by atoms with E-state index < -0.39 is 14.9 Å². The summed E-state index contributed by atoms with van der Waals surface area (Å²) < 4.78 is 27.4. The van der Waals surface area contributed by atoms with Crippen molar-refractivity contribution in [1.82, 2.24) is 10.0 Å². The Balaban J connectivity index is 0.00000242. The largest absolute Gasteiger partial charge is 0.313 e. The van der Waals surface area contributed by atoms with Crippen molar-refractivity contribution in [2.75, 3.05) is 13.1 Å². The second-order valence-corrected chi connectivity index (χ2v) is 7.01. The number of nitrogens with one attached hydrogen (secondary N) is 2. The Morgan fingerprint density at radius 3 is 2.41 bits per heavy atom. The van der Waals surface area contributed by atoms with E-state index >= 15 is 0 Å². The van der Waals surface area contributed by atoms with Crippen LogP contribution in [0.4, 0.5) is 5.69 Å². The highest BCUT2D eigenvalue weighted by Gasteiger charge is 2.24. The Labute approximate surface area is 136 Å². The highest BCUT2D eigenvalue weighted by Crippen LogP contribution is 2.25. The molecule has 0 bridgehead atoms. The number of nitrogens with zero attached hydrogens (tertiary/aromatic N) is 1.